The van der Waals surface area contributed by atoms with Gasteiger partial charge in [0.05, 0.1) is 13.5 Å². The lowest BCUT2D eigenvalue weighted by molar-refractivity contribution is -0.285. The molecule has 1 aliphatic heterocycles. The van der Waals surface area contributed by atoms with E-state index in [9.17, 15) is 33.9 Å². The lowest BCUT2D eigenvalue weighted by Crippen LogP contribution is -2.63. The molecule has 15 nitrogen and oxygen atoms in total. The van der Waals surface area contributed by atoms with Crippen LogP contribution in [0.25, 0.3) is 0 Å². The first-order valence-corrected chi connectivity index (χ1v) is 12.8. The molecule has 0 aliphatic carbocycles. The van der Waals surface area contributed by atoms with Gasteiger partial charge in [-0.3, -0.25) is 14.4 Å². The number of benzene rings is 1. The third-order valence-electron chi connectivity index (χ3n) is 5.38. The van der Waals surface area contributed by atoms with Crippen LogP contribution < -0.4 is 5.32 Å². The molecule has 1 aliphatic rings. The van der Waals surface area contributed by atoms with Crippen molar-refractivity contribution in [1.29, 1.82) is 0 Å². The van der Waals surface area contributed by atoms with Crippen LogP contribution in [0.3, 0.4) is 0 Å². The zero-order valence-electron chi connectivity index (χ0n) is 24.0. The van der Waals surface area contributed by atoms with Gasteiger partial charge in [0, 0.05) is 13.8 Å². The molecular weight excluding hydrogens is 562 g/mol. The Balaban J connectivity index is 2.23. The summed E-state index contributed by atoms with van der Waals surface area (Å²) >= 11 is 0. The predicted octanol–water partition coefficient (Wildman–Crippen LogP) is 0.679. The molecule has 42 heavy (non-hydrogen) atoms. The average molecular weight is 598 g/mol. The van der Waals surface area contributed by atoms with Crippen LogP contribution in [-0.4, -0.2) is 90.5 Å². The summed E-state index contributed by atoms with van der Waals surface area (Å²) in [6.07, 6.45) is -11.2. The molecule has 0 aromatic heterocycles. The second kappa shape index (κ2) is 15.1. The van der Waals surface area contributed by atoms with Crippen molar-refractivity contribution in [2.45, 2.75) is 90.0 Å². The number of carbonyl (C=O) groups excluding carboxylic acids is 6. The molecule has 1 amide bonds. The van der Waals surface area contributed by atoms with Crippen molar-refractivity contribution in [3.8, 4) is 0 Å². The van der Waals surface area contributed by atoms with Gasteiger partial charge in [0.25, 0.3) is 0 Å². The highest BCUT2D eigenvalue weighted by atomic mass is 16.7. The number of amides is 1. The Hall–Kier alpha value is -4.24. The van der Waals surface area contributed by atoms with E-state index >= 15 is 0 Å². The summed E-state index contributed by atoms with van der Waals surface area (Å²) in [5, 5.41) is 13.0. The zero-order chi connectivity index (χ0) is 31.6. The van der Waals surface area contributed by atoms with Crippen molar-refractivity contribution >= 4 is 35.9 Å². The molecule has 2 N–H and O–H groups in total. The van der Waals surface area contributed by atoms with Gasteiger partial charge in [-0.25, -0.2) is 14.4 Å². The summed E-state index contributed by atoms with van der Waals surface area (Å²) < 4.78 is 35.7. The fraction of sp³-hybridized carbons (Fsp3) is 0.556. The van der Waals surface area contributed by atoms with Crippen LogP contribution in [0.5, 0.6) is 0 Å². The number of alkyl carbamates (subject to hydrolysis) is 1. The van der Waals surface area contributed by atoms with E-state index in [-0.39, 0.29) is 6.61 Å². The largest absolute Gasteiger partial charge is 0.467 e. The number of ether oxygens (including phenoxy) is 7. The Morgan fingerprint density at radius 3 is 2.10 bits per heavy atom. The molecule has 15 heteroatoms. The van der Waals surface area contributed by atoms with E-state index in [4.69, 9.17) is 28.4 Å². The SMILES string of the molecule is COC(=O)[C@H]1OC(OC(=O)N[C@@H](CC(=O)OCc2ccccc2)C(=O)OC(C)(C)C)[C@H](OC(C)=O)[C@@H](O)[C@@H]1OC(C)=O. The van der Waals surface area contributed by atoms with Crippen LogP contribution in [0.15, 0.2) is 30.3 Å². The third-order valence-corrected chi connectivity index (χ3v) is 5.38. The Morgan fingerprint density at radius 2 is 1.55 bits per heavy atom. The maximum atomic E-state index is 12.9. The lowest BCUT2D eigenvalue weighted by atomic mass is 9.98. The van der Waals surface area contributed by atoms with E-state index in [0.29, 0.717) is 5.56 Å². The Bertz CT molecular complexity index is 1130. The van der Waals surface area contributed by atoms with Gasteiger partial charge in [-0.1, -0.05) is 30.3 Å². The smallest absolute Gasteiger partial charge is 0.410 e. The summed E-state index contributed by atoms with van der Waals surface area (Å²) in [4.78, 5) is 73.9. The number of rotatable bonds is 10. The van der Waals surface area contributed by atoms with Gasteiger partial charge in [-0.2, -0.15) is 0 Å². The van der Waals surface area contributed by atoms with Crippen LogP contribution >= 0.6 is 0 Å². The Kier molecular flexibility index (Phi) is 12.2. The second-order valence-corrected chi connectivity index (χ2v) is 10.1. The minimum Gasteiger partial charge on any atom is -0.467 e. The number of aliphatic hydroxyl groups excluding tert-OH is 1. The first-order valence-electron chi connectivity index (χ1n) is 12.8. The van der Waals surface area contributed by atoms with Crippen molar-refractivity contribution in [3.63, 3.8) is 0 Å². The van der Waals surface area contributed by atoms with Gasteiger partial charge < -0.3 is 43.6 Å². The number of methoxy groups -OCH3 is 1. The molecule has 1 aromatic rings. The maximum absolute atomic E-state index is 12.9. The van der Waals surface area contributed by atoms with Gasteiger partial charge in [0.2, 0.25) is 6.29 Å². The van der Waals surface area contributed by atoms with Gasteiger partial charge in [-0.05, 0) is 26.3 Å². The summed E-state index contributed by atoms with van der Waals surface area (Å²) in [5.41, 5.74) is -0.311. The molecular formula is C27H35NO14. The van der Waals surface area contributed by atoms with E-state index in [2.05, 4.69) is 10.1 Å². The van der Waals surface area contributed by atoms with E-state index in [0.717, 1.165) is 21.0 Å². The lowest BCUT2D eigenvalue weighted by Gasteiger charge is -2.41. The van der Waals surface area contributed by atoms with E-state index in [1.54, 1.807) is 51.1 Å². The zero-order valence-corrected chi connectivity index (χ0v) is 24.0. The highest BCUT2D eigenvalue weighted by Gasteiger charge is 2.54. The number of aliphatic hydroxyl groups is 1. The Morgan fingerprint density at radius 1 is 0.952 bits per heavy atom. The monoisotopic (exact) mass is 597 g/mol. The van der Waals surface area contributed by atoms with E-state index in [1.165, 1.54) is 0 Å². The van der Waals surface area contributed by atoms with Gasteiger partial charge in [-0.15, -0.1) is 0 Å². The number of nitrogens with one attached hydrogen (secondary N) is 1. The molecule has 1 unspecified atom stereocenters. The molecule has 2 rings (SSSR count). The van der Waals surface area contributed by atoms with Crippen LogP contribution in [0.1, 0.15) is 46.6 Å². The minimum atomic E-state index is -1.95. The topological polar surface area (TPSA) is 199 Å². The van der Waals surface area contributed by atoms with E-state index in [1.807, 2.05) is 0 Å². The van der Waals surface area contributed by atoms with E-state index < -0.39 is 84.7 Å². The standard InChI is InChI=1S/C27H35NO14/c1-14(29)38-20-19(32)21(39-15(2)30)25(40-22(20)24(34)36-6)41-26(35)28-17(23(33)42-27(3,4)5)12-18(31)37-13-16-10-8-7-9-11-16/h7-11,17,19-22,25,32H,12-13H2,1-6H3,(H,28,35)/t17-,19-,20-,21+,22-,25?/m0/s1. The van der Waals surface area contributed by atoms with Crippen molar-refractivity contribution in [2.75, 3.05) is 7.11 Å². The summed E-state index contributed by atoms with van der Waals surface area (Å²) in [6.45, 7) is 6.60. The van der Waals surface area contributed by atoms with Crippen molar-refractivity contribution < 1.29 is 67.0 Å². The van der Waals surface area contributed by atoms with Crippen LogP contribution in [0, 0.1) is 0 Å². The summed E-state index contributed by atoms with van der Waals surface area (Å²) in [6, 6.07) is 7.11. The molecule has 0 bridgehead atoms. The fourth-order valence-electron chi connectivity index (χ4n) is 3.68. The first-order chi connectivity index (χ1) is 19.6. The molecule has 0 spiro atoms. The average Bonchev–Trinajstić information content (AvgIpc) is 2.89. The van der Waals surface area contributed by atoms with Crippen LogP contribution in [0.4, 0.5) is 4.79 Å². The van der Waals surface area contributed by atoms with Crippen LogP contribution in [0.2, 0.25) is 0 Å². The molecule has 1 aromatic carbocycles. The predicted molar refractivity (Wildman–Crippen MR) is 138 cm³/mol. The van der Waals surface area contributed by atoms with Crippen LogP contribution in [-0.2, 0) is 63.7 Å². The van der Waals surface area contributed by atoms with Gasteiger partial charge in [0.15, 0.2) is 18.3 Å². The fourth-order valence-corrected chi connectivity index (χ4v) is 3.68. The molecule has 1 heterocycles. The minimum absolute atomic E-state index is 0.0958. The van der Waals surface area contributed by atoms with Crippen molar-refractivity contribution in [2.24, 2.45) is 0 Å². The molecule has 0 saturated carbocycles. The molecule has 232 valence electrons. The molecule has 6 atom stereocenters. The number of esters is 5. The highest BCUT2D eigenvalue weighted by molar-refractivity contribution is 5.86. The quantitative estimate of drug-likeness (QED) is 0.282. The maximum Gasteiger partial charge on any atom is 0.410 e. The van der Waals surface area contributed by atoms with Crippen molar-refractivity contribution in [1.82, 2.24) is 5.32 Å². The highest BCUT2D eigenvalue weighted by Crippen LogP contribution is 2.28. The molecule has 1 saturated heterocycles. The second-order valence-electron chi connectivity index (χ2n) is 10.1. The normalized spacial score (nSPS) is 22.5. The first kappa shape index (κ1) is 34.0. The van der Waals surface area contributed by atoms with Gasteiger partial charge >= 0.3 is 35.9 Å². The van der Waals surface area contributed by atoms with Crippen molar-refractivity contribution in [3.05, 3.63) is 35.9 Å². The molecule has 1 fully saturated rings. The molecule has 0 radical (unpaired) electrons. The Labute approximate surface area is 241 Å². The number of hydrogen-bond acceptors (Lipinski definition) is 14. The number of carbonyl (C=O) groups is 6. The summed E-state index contributed by atoms with van der Waals surface area (Å²) in [7, 11) is 0.992. The third kappa shape index (κ3) is 10.6. The summed E-state index contributed by atoms with van der Waals surface area (Å²) in [5.74, 6) is -4.81. The van der Waals surface area contributed by atoms with Gasteiger partial charge in [0.1, 0.15) is 24.4 Å². The number of hydrogen-bond donors (Lipinski definition) is 2.